The third kappa shape index (κ3) is 5.92. The van der Waals surface area contributed by atoms with Crippen molar-refractivity contribution in [1.29, 1.82) is 0 Å². The Morgan fingerprint density at radius 1 is 0.256 bits per heavy atom. The van der Waals surface area contributed by atoms with Crippen molar-refractivity contribution in [3.8, 4) is 67.5 Å². The van der Waals surface area contributed by atoms with E-state index in [0.29, 0.717) is 0 Å². The molecule has 4 heteroatoms. The molecule has 12 aromatic carbocycles. The largest absolute Gasteiger partial charge is 0.457 e. The maximum absolute atomic E-state index is 6.75. The van der Waals surface area contributed by atoms with Crippen LogP contribution in [0.2, 0.25) is 0 Å². The van der Waals surface area contributed by atoms with Crippen molar-refractivity contribution >= 4 is 48.6 Å². The quantitative estimate of drug-likeness (QED) is 0.171. The highest BCUT2D eigenvalue weighted by Gasteiger charge is 2.53. The Bertz CT molecular complexity index is 4570. The zero-order valence-electron chi connectivity index (χ0n) is 42.2. The predicted octanol–water partition coefficient (Wildman–Crippen LogP) is 19.8. The molecule has 0 fully saturated rings. The van der Waals surface area contributed by atoms with Crippen LogP contribution in [0.25, 0.3) is 64.7 Å². The first-order chi connectivity index (χ1) is 38.6. The molecule has 0 atom stereocenters. The second-order valence-electron chi connectivity index (χ2n) is 21.0. The first-order valence-electron chi connectivity index (χ1n) is 26.8. The first-order valence-corrected chi connectivity index (χ1v) is 27.6. The maximum Gasteiger partial charge on any atom is 0.132 e. The smallest absolute Gasteiger partial charge is 0.132 e. The summed E-state index contributed by atoms with van der Waals surface area (Å²) in [5.41, 5.74) is 21.3. The molecule has 17 rings (SSSR count). The van der Waals surface area contributed by atoms with Crippen LogP contribution in [-0.4, -0.2) is 0 Å². The van der Waals surface area contributed by atoms with E-state index in [4.69, 9.17) is 9.47 Å². The van der Waals surface area contributed by atoms with Crippen LogP contribution in [0.3, 0.4) is 0 Å². The number of hydrogen-bond acceptors (Lipinski definition) is 4. The fraction of sp³-hybridized carbons (Fsp3) is 0.0270. The standard InChI is InChI=1S/C74H45NO2S/c1-4-21-59-53(18-1)55-39-34-48(43-65(55)73(59)61-23-6-10-27-67(61)76-68-28-11-7-24-62(68)73)47-16-15-17-51(42-47)75(50-36-32-46(33-37-50)49-35-40-58-57-20-3-14-31-71(57)78-72(58)44-49)52-38-41-56-54-19-2-5-22-60(54)74(66(56)45-52)63-25-8-12-29-69(63)77-70-30-13-9-26-64(70)74/h1-45H. The summed E-state index contributed by atoms with van der Waals surface area (Å²) in [7, 11) is 0. The average Bonchev–Trinajstić information content (AvgIpc) is 4.31. The Kier molecular flexibility index (Phi) is 9.14. The highest BCUT2D eigenvalue weighted by Crippen LogP contribution is 2.64. The van der Waals surface area contributed by atoms with Crippen LogP contribution in [0, 0.1) is 0 Å². The molecule has 0 saturated carbocycles. The van der Waals surface area contributed by atoms with Crippen LogP contribution in [0.5, 0.6) is 23.0 Å². The summed E-state index contributed by atoms with van der Waals surface area (Å²) in [4.78, 5) is 2.45. The Hall–Kier alpha value is -9.74. The van der Waals surface area contributed by atoms with E-state index in [1.54, 1.807) is 0 Å². The van der Waals surface area contributed by atoms with Crippen molar-refractivity contribution < 1.29 is 9.47 Å². The zero-order chi connectivity index (χ0) is 51.1. The molecule has 0 unspecified atom stereocenters. The molecular weight excluding hydrogens is 967 g/mol. The van der Waals surface area contributed by atoms with Gasteiger partial charge in [-0.15, -0.1) is 11.3 Å². The Morgan fingerprint density at radius 3 is 1.29 bits per heavy atom. The lowest BCUT2D eigenvalue weighted by atomic mass is 9.66. The van der Waals surface area contributed by atoms with E-state index < -0.39 is 10.8 Å². The topological polar surface area (TPSA) is 21.7 Å². The molecule has 2 spiro atoms. The second kappa shape index (κ2) is 16.4. The number of nitrogens with zero attached hydrogens (tertiary/aromatic N) is 1. The Labute approximate surface area is 456 Å². The summed E-state index contributed by atoms with van der Waals surface area (Å²) >= 11 is 1.86. The fourth-order valence-electron chi connectivity index (χ4n) is 14.0. The van der Waals surface area contributed by atoms with E-state index >= 15 is 0 Å². The summed E-state index contributed by atoms with van der Waals surface area (Å²) in [5, 5.41) is 2.62. The van der Waals surface area contributed by atoms with Gasteiger partial charge in [0, 0.05) is 59.5 Å². The molecule has 0 N–H and O–H groups in total. The molecule has 2 aliphatic carbocycles. The van der Waals surface area contributed by atoms with E-state index in [-0.39, 0.29) is 0 Å². The summed E-state index contributed by atoms with van der Waals surface area (Å²) in [6.07, 6.45) is 0. The van der Waals surface area contributed by atoms with Crippen molar-refractivity contribution in [3.05, 3.63) is 317 Å². The summed E-state index contributed by atoms with van der Waals surface area (Å²) in [5.74, 6) is 3.54. The maximum atomic E-state index is 6.75. The van der Waals surface area contributed by atoms with Crippen molar-refractivity contribution in [1.82, 2.24) is 0 Å². The Morgan fingerprint density at radius 2 is 0.679 bits per heavy atom. The summed E-state index contributed by atoms with van der Waals surface area (Å²) in [6, 6.07) is 101. The van der Waals surface area contributed by atoms with Crippen LogP contribution < -0.4 is 14.4 Å². The highest BCUT2D eigenvalue weighted by molar-refractivity contribution is 7.25. The number of anilines is 3. The molecule has 0 saturated heterocycles. The summed E-state index contributed by atoms with van der Waals surface area (Å²) in [6.45, 7) is 0. The van der Waals surface area contributed by atoms with Gasteiger partial charge < -0.3 is 14.4 Å². The number of para-hydroxylation sites is 4. The number of benzene rings is 12. The molecule has 0 amide bonds. The molecular formula is C74H45NO2S. The summed E-state index contributed by atoms with van der Waals surface area (Å²) < 4.78 is 16.1. The monoisotopic (exact) mass is 1010 g/mol. The fourth-order valence-corrected chi connectivity index (χ4v) is 15.1. The Balaban J connectivity index is 0.858. The molecule has 3 heterocycles. The normalized spacial score (nSPS) is 14.1. The van der Waals surface area contributed by atoms with E-state index in [9.17, 15) is 0 Å². The average molecular weight is 1010 g/mol. The van der Waals surface area contributed by atoms with Gasteiger partial charge in [0.05, 0.1) is 10.8 Å². The van der Waals surface area contributed by atoms with E-state index in [1.807, 2.05) is 11.3 Å². The molecule has 4 aliphatic rings. The third-order valence-electron chi connectivity index (χ3n) is 17.2. The zero-order valence-corrected chi connectivity index (χ0v) is 43.0. The van der Waals surface area contributed by atoms with E-state index in [2.05, 4.69) is 278 Å². The van der Waals surface area contributed by atoms with E-state index in [0.717, 1.165) is 73.4 Å². The second-order valence-corrected chi connectivity index (χ2v) is 22.1. The lowest BCUT2D eigenvalue weighted by Crippen LogP contribution is -2.32. The molecule has 2 aliphatic heterocycles. The lowest BCUT2D eigenvalue weighted by Gasteiger charge is -2.39. The minimum absolute atomic E-state index is 0.570. The van der Waals surface area contributed by atoms with Crippen LogP contribution in [0.1, 0.15) is 44.5 Å². The molecule has 364 valence electrons. The van der Waals surface area contributed by atoms with Gasteiger partial charge in [-0.2, -0.15) is 0 Å². The molecule has 1 aromatic heterocycles. The van der Waals surface area contributed by atoms with Crippen LogP contribution in [-0.2, 0) is 10.8 Å². The van der Waals surface area contributed by atoms with Crippen LogP contribution >= 0.6 is 11.3 Å². The third-order valence-corrected chi connectivity index (χ3v) is 18.3. The van der Waals surface area contributed by atoms with Gasteiger partial charge in [-0.25, -0.2) is 0 Å². The van der Waals surface area contributed by atoms with Gasteiger partial charge >= 0.3 is 0 Å². The van der Waals surface area contributed by atoms with Gasteiger partial charge in [0.25, 0.3) is 0 Å². The van der Waals surface area contributed by atoms with Crippen LogP contribution in [0.4, 0.5) is 17.1 Å². The minimum Gasteiger partial charge on any atom is -0.457 e. The van der Waals surface area contributed by atoms with E-state index in [1.165, 1.54) is 75.8 Å². The van der Waals surface area contributed by atoms with Gasteiger partial charge in [-0.1, -0.05) is 194 Å². The van der Waals surface area contributed by atoms with Gasteiger partial charge in [-0.05, 0) is 146 Å². The predicted molar refractivity (Wildman–Crippen MR) is 320 cm³/mol. The molecule has 78 heavy (non-hydrogen) atoms. The van der Waals surface area contributed by atoms with Crippen molar-refractivity contribution in [3.63, 3.8) is 0 Å². The molecule has 0 bridgehead atoms. The van der Waals surface area contributed by atoms with Gasteiger partial charge in [-0.3, -0.25) is 0 Å². The number of rotatable bonds is 5. The van der Waals surface area contributed by atoms with Crippen LogP contribution in [0.15, 0.2) is 273 Å². The number of thiophene rings is 1. The molecule has 13 aromatic rings. The van der Waals surface area contributed by atoms with Crippen molar-refractivity contribution in [2.45, 2.75) is 10.8 Å². The lowest BCUT2D eigenvalue weighted by molar-refractivity contribution is 0.436. The molecule has 3 nitrogen and oxygen atoms in total. The first kappa shape index (κ1) is 43.5. The van der Waals surface area contributed by atoms with Gasteiger partial charge in [0.2, 0.25) is 0 Å². The van der Waals surface area contributed by atoms with Crippen molar-refractivity contribution in [2.75, 3.05) is 4.90 Å². The molecule has 0 radical (unpaired) electrons. The SMILES string of the molecule is c1cc(-c2ccc3c(c2)C2(c4ccccc4Oc4ccccc42)c2ccccc2-3)cc(N(c2ccc(-c3ccc4c(c3)sc3ccccc34)cc2)c2ccc3c(c2)C2(c4ccccc4Oc4ccccc42)c2ccccc2-3)c1. The number of ether oxygens (including phenoxy) is 2. The number of fused-ring (bicyclic) bond motifs is 21. The highest BCUT2D eigenvalue weighted by atomic mass is 32.1. The van der Waals surface area contributed by atoms with Crippen molar-refractivity contribution in [2.24, 2.45) is 0 Å². The van der Waals surface area contributed by atoms with Gasteiger partial charge in [0.15, 0.2) is 0 Å². The van der Waals surface area contributed by atoms with Gasteiger partial charge in [0.1, 0.15) is 23.0 Å². The minimum atomic E-state index is -0.616. The number of hydrogen-bond donors (Lipinski definition) is 0.